The molecule has 1 aromatic heterocycles. The van der Waals surface area contributed by atoms with Crippen molar-refractivity contribution in [3.8, 4) is 0 Å². The molecule has 150 valence electrons. The van der Waals surface area contributed by atoms with E-state index in [2.05, 4.69) is 36.9 Å². The molecule has 27 heavy (non-hydrogen) atoms. The highest BCUT2D eigenvalue weighted by atomic mass is 127. The average Bonchev–Trinajstić information content (AvgIpc) is 2.99. The highest BCUT2D eigenvalue weighted by Gasteiger charge is 2.14. The van der Waals surface area contributed by atoms with Gasteiger partial charge in [0.1, 0.15) is 0 Å². The van der Waals surface area contributed by atoms with Crippen LogP contribution in [0.1, 0.15) is 12.6 Å². The molecule has 0 aliphatic rings. The number of aliphatic imine (C=N–C) groups is 1. The maximum atomic E-state index is 12.4. The summed E-state index contributed by atoms with van der Waals surface area (Å²) in [5, 5.41) is 3.21. The molecular weight excluding hydrogens is 543 g/mol. The van der Waals surface area contributed by atoms with Crippen molar-refractivity contribution in [1.82, 2.24) is 14.8 Å². The molecule has 2 rings (SSSR count). The standard InChI is InChI=1S/C18H25BrN4O2S.HI/c1-4-20-18(23(3)14-16-6-5-12-22(16)2)21-11-13-26(24,25)17-9-7-15(19)8-10-17;/h5-10,12H,4,11,13-14H2,1-3H3,(H,20,21);1H. The predicted octanol–water partition coefficient (Wildman–Crippen LogP) is 3.28. The summed E-state index contributed by atoms with van der Waals surface area (Å²) >= 11 is 3.31. The number of hydrogen-bond donors (Lipinski definition) is 1. The fraction of sp³-hybridized carbons (Fsp3) is 0.389. The van der Waals surface area contributed by atoms with Gasteiger partial charge in [-0.25, -0.2) is 8.42 Å². The van der Waals surface area contributed by atoms with Gasteiger partial charge in [-0.05, 0) is 43.3 Å². The lowest BCUT2D eigenvalue weighted by Crippen LogP contribution is -2.39. The monoisotopic (exact) mass is 568 g/mol. The Balaban J connectivity index is 0.00000364. The first-order valence-corrected chi connectivity index (χ1v) is 10.9. The van der Waals surface area contributed by atoms with Crippen LogP contribution in [0.15, 0.2) is 57.0 Å². The van der Waals surface area contributed by atoms with Crippen LogP contribution in [0.25, 0.3) is 0 Å². The molecule has 1 N–H and O–H groups in total. The third kappa shape index (κ3) is 7.11. The van der Waals surface area contributed by atoms with E-state index in [1.54, 1.807) is 24.3 Å². The maximum Gasteiger partial charge on any atom is 0.194 e. The van der Waals surface area contributed by atoms with Crippen molar-refractivity contribution in [1.29, 1.82) is 0 Å². The number of aryl methyl sites for hydroxylation is 1. The summed E-state index contributed by atoms with van der Waals surface area (Å²) in [4.78, 5) is 6.79. The molecule has 0 aliphatic carbocycles. The summed E-state index contributed by atoms with van der Waals surface area (Å²) in [7, 11) is 0.592. The third-order valence-electron chi connectivity index (χ3n) is 3.94. The van der Waals surface area contributed by atoms with Crippen molar-refractivity contribution >= 4 is 55.7 Å². The molecule has 0 saturated heterocycles. The second kappa shape index (κ2) is 11.1. The quantitative estimate of drug-likeness (QED) is 0.316. The molecule has 0 spiro atoms. The smallest absolute Gasteiger partial charge is 0.194 e. The van der Waals surface area contributed by atoms with Crippen molar-refractivity contribution in [3.05, 3.63) is 52.8 Å². The van der Waals surface area contributed by atoms with E-state index < -0.39 is 9.84 Å². The van der Waals surface area contributed by atoms with E-state index in [0.717, 1.165) is 16.7 Å². The molecule has 0 saturated carbocycles. The molecule has 0 amide bonds. The molecule has 1 heterocycles. The Kier molecular flexibility index (Phi) is 9.82. The molecular formula is C18H26BrIN4O2S. The van der Waals surface area contributed by atoms with E-state index in [1.165, 1.54) is 0 Å². The van der Waals surface area contributed by atoms with Gasteiger partial charge in [0.15, 0.2) is 15.8 Å². The fourth-order valence-corrected chi connectivity index (χ4v) is 3.86. The Labute approximate surface area is 187 Å². The van der Waals surface area contributed by atoms with Gasteiger partial charge < -0.3 is 14.8 Å². The predicted molar refractivity (Wildman–Crippen MR) is 124 cm³/mol. The second-order valence-electron chi connectivity index (χ2n) is 5.97. The minimum absolute atomic E-state index is 0. The SMILES string of the molecule is CCNC(=NCCS(=O)(=O)c1ccc(Br)cc1)N(C)Cc1cccn1C.I. The van der Waals surface area contributed by atoms with Gasteiger partial charge in [-0.3, -0.25) is 4.99 Å². The molecule has 0 radical (unpaired) electrons. The highest BCUT2D eigenvalue weighted by Crippen LogP contribution is 2.16. The van der Waals surface area contributed by atoms with Crippen LogP contribution in [-0.4, -0.2) is 49.7 Å². The lowest BCUT2D eigenvalue weighted by molar-refractivity contribution is 0.462. The maximum absolute atomic E-state index is 12.4. The molecule has 0 bridgehead atoms. The van der Waals surface area contributed by atoms with Crippen LogP contribution in [0.2, 0.25) is 0 Å². The number of nitrogens with zero attached hydrogens (tertiary/aromatic N) is 3. The zero-order chi connectivity index (χ0) is 19.2. The van der Waals surface area contributed by atoms with Gasteiger partial charge in [-0.15, -0.1) is 24.0 Å². The Morgan fingerprint density at radius 2 is 1.93 bits per heavy atom. The van der Waals surface area contributed by atoms with Crippen LogP contribution in [0, 0.1) is 0 Å². The van der Waals surface area contributed by atoms with Crippen LogP contribution in [0.4, 0.5) is 0 Å². The first-order valence-electron chi connectivity index (χ1n) is 8.41. The van der Waals surface area contributed by atoms with Crippen molar-refractivity contribution in [3.63, 3.8) is 0 Å². The Hall–Kier alpha value is -1.07. The number of rotatable bonds is 7. The Morgan fingerprint density at radius 3 is 2.48 bits per heavy atom. The zero-order valence-electron chi connectivity index (χ0n) is 15.7. The zero-order valence-corrected chi connectivity index (χ0v) is 20.5. The number of benzene rings is 1. The lowest BCUT2D eigenvalue weighted by atomic mass is 10.4. The summed E-state index contributed by atoms with van der Waals surface area (Å²) in [6.07, 6.45) is 2.00. The van der Waals surface area contributed by atoms with Gasteiger partial charge in [0.25, 0.3) is 0 Å². The van der Waals surface area contributed by atoms with Crippen molar-refractivity contribution < 1.29 is 8.42 Å². The normalized spacial score (nSPS) is 11.8. The van der Waals surface area contributed by atoms with Crippen LogP contribution in [0.3, 0.4) is 0 Å². The van der Waals surface area contributed by atoms with Crippen molar-refractivity contribution in [2.24, 2.45) is 12.0 Å². The molecule has 0 aliphatic heterocycles. The minimum atomic E-state index is -3.35. The third-order valence-corrected chi connectivity index (χ3v) is 6.18. The van der Waals surface area contributed by atoms with E-state index in [9.17, 15) is 8.42 Å². The Morgan fingerprint density at radius 1 is 1.26 bits per heavy atom. The van der Waals surface area contributed by atoms with Crippen molar-refractivity contribution in [2.75, 3.05) is 25.9 Å². The summed E-state index contributed by atoms with van der Waals surface area (Å²) in [6.45, 7) is 3.60. The molecule has 2 aromatic rings. The number of aromatic nitrogens is 1. The van der Waals surface area contributed by atoms with Gasteiger partial charge in [0, 0.05) is 37.0 Å². The van der Waals surface area contributed by atoms with Gasteiger partial charge in [-0.2, -0.15) is 0 Å². The molecule has 0 atom stereocenters. The molecule has 9 heteroatoms. The van der Waals surface area contributed by atoms with E-state index in [1.807, 2.05) is 38.2 Å². The summed E-state index contributed by atoms with van der Waals surface area (Å²) < 4.78 is 27.8. The fourth-order valence-electron chi connectivity index (χ4n) is 2.48. The molecule has 0 unspecified atom stereocenters. The van der Waals surface area contributed by atoms with Crippen LogP contribution in [0.5, 0.6) is 0 Å². The Bertz CT molecular complexity index is 851. The first kappa shape index (κ1) is 24.0. The minimum Gasteiger partial charge on any atom is -0.357 e. The van der Waals surface area contributed by atoms with Gasteiger partial charge >= 0.3 is 0 Å². The van der Waals surface area contributed by atoms with E-state index in [-0.39, 0.29) is 36.3 Å². The number of halogens is 2. The lowest BCUT2D eigenvalue weighted by Gasteiger charge is -2.22. The number of nitrogens with one attached hydrogen (secondary N) is 1. The molecule has 6 nitrogen and oxygen atoms in total. The number of hydrogen-bond acceptors (Lipinski definition) is 3. The van der Waals surface area contributed by atoms with E-state index in [4.69, 9.17) is 0 Å². The molecule has 1 aromatic carbocycles. The number of guanidine groups is 1. The van der Waals surface area contributed by atoms with Gasteiger partial charge in [0.05, 0.1) is 23.7 Å². The van der Waals surface area contributed by atoms with Crippen molar-refractivity contribution in [2.45, 2.75) is 18.4 Å². The van der Waals surface area contributed by atoms with Crippen LogP contribution in [-0.2, 0) is 23.4 Å². The van der Waals surface area contributed by atoms with Crippen LogP contribution < -0.4 is 5.32 Å². The van der Waals surface area contributed by atoms with E-state index >= 15 is 0 Å². The summed E-state index contributed by atoms with van der Waals surface area (Å²) in [5.74, 6) is 0.668. The topological polar surface area (TPSA) is 66.7 Å². The van der Waals surface area contributed by atoms with Gasteiger partial charge in [-0.1, -0.05) is 15.9 Å². The summed E-state index contributed by atoms with van der Waals surface area (Å²) in [6, 6.07) is 10.7. The number of sulfone groups is 1. The molecule has 0 fully saturated rings. The average molecular weight is 569 g/mol. The van der Waals surface area contributed by atoms with Gasteiger partial charge in [0.2, 0.25) is 0 Å². The van der Waals surface area contributed by atoms with Crippen LogP contribution >= 0.6 is 39.9 Å². The van der Waals surface area contributed by atoms with E-state index in [0.29, 0.717) is 17.4 Å². The second-order valence-corrected chi connectivity index (χ2v) is 9.00. The highest BCUT2D eigenvalue weighted by molar-refractivity contribution is 14.0. The first-order chi connectivity index (χ1) is 12.3. The summed E-state index contributed by atoms with van der Waals surface area (Å²) in [5.41, 5.74) is 1.15. The largest absolute Gasteiger partial charge is 0.357 e.